The normalized spacial score (nSPS) is 18.6. The highest BCUT2D eigenvalue weighted by molar-refractivity contribution is 5.64. The second-order valence-corrected chi connectivity index (χ2v) is 5.30. The number of hydrogen-bond acceptors (Lipinski definition) is 3. The van der Waals surface area contributed by atoms with E-state index in [1.165, 1.54) is 0 Å². The molecule has 3 rings (SSSR count). The molecule has 2 aromatic carbocycles. The fourth-order valence-electron chi connectivity index (χ4n) is 2.63. The van der Waals surface area contributed by atoms with Crippen molar-refractivity contribution >= 4 is 6.08 Å². The third-order valence-corrected chi connectivity index (χ3v) is 3.89. The van der Waals surface area contributed by atoms with Crippen molar-refractivity contribution in [2.75, 3.05) is 14.2 Å². The van der Waals surface area contributed by atoms with Crippen LogP contribution in [0.5, 0.6) is 11.5 Å². The van der Waals surface area contributed by atoms with E-state index in [2.05, 4.69) is 11.8 Å². The summed E-state index contributed by atoms with van der Waals surface area (Å²) in [7, 11) is 3.18. The summed E-state index contributed by atoms with van der Waals surface area (Å²) in [6, 6.07) is 13.4. The molecule has 3 heteroatoms. The van der Waals surface area contributed by atoms with Gasteiger partial charge in [0, 0.05) is 5.56 Å². The van der Waals surface area contributed by atoms with Crippen LogP contribution >= 0.6 is 0 Å². The van der Waals surface area contributed by atoms with Gasteiger partial charge in [0.2, 0.25) is 0 Å². The van der Waals surface area contributed by atoms with Crippen molar-refractivity contribution in [2.24, 2.45) is 5.92 Å². The van der Waals surface area contributed by atoms with E-state index < -0.39 is 6.10 Å². The van der Waals surface area contributed by atoms with Crippen LogP contribution in [0.15, 0.2) is 48.5 Å². The molecule has 23 heavy (non-hydrogen) atoms. The monoisotopic (exact) mass is 306 g/mol. The van der Waals surface area contributed by atoms with Gasteiger partial charge in [-0.1, -0.05) is 42.2 Å². The number of aliphatic hydroxyl groups excluding tert-OH is 1. The van der Waals surface area contributed by atoms with Gasteiger partial charge in [-0.3, -0.25) is 0 Å². The van der Waals surface area contributed by atoms with Crippen molar-refractivity contribution in [3.05, 3.63) is 65.2 Å². The summed E-state index contributed by atoms with van der Waals surface area (Å²) in [5, 5.41) is 10.6. The summed E-state index contributed by atoms with van der Waals surface area (Å²) in [4.78, 5) is 0. The maximum absolute atomic E-state index is 10.6. The van der Waals surface area contributed by atoms with Crippen LogP contribution in [0.1, 0.15) is 22.8 Å². The van der Waals surface area contributed by atoms with Crippen LogP contribution in [0.25, 0.3) is 6.08 Å². The van der Waals surface area contributed by atoms with Crippen molar-refractivity contribution in [3.63, 3.8) is 0 Å². The molecular weight excluding hydrogens is 288 g/mol. The molecule has 0 amide bonds. The molecule has 0 saturated heterocycles. The molecule has 0 radical (unpaired) electrons. The highest BCUT2D eigenvalue weighted by Crippen LogP contribution is 2.39. The molecule has 1 aliphatic rings. The lowest BCUT2D eigenvalue weighted by Crippen LogP contribution is -2.14. The Bertz CT molecular complexity index is 782. The van der Waals surface area contributed by atoms with Gasteiger partial charge >= 0.3 is 0 Å². The van der Waals surface area contributed by atoms with Gasteiger partial charge in [-0.15, -0.1) is 0 Å². The van der Waals surface area contributed by atoms with E-state index in [-0.39, 0.29) is 5.92 Å². The SMILES string of the molecule is COc1cc2c(cc1OC)[C@@H](O)[C@@H](C#Cc1ccccc1)C=C2. The summed E-state index contributed by atoms with van der Waals surface area (Å²) in [6.45, 7) is 0. The van der Waals surface area contributed by atoms with E-state index in [1.54, 1.807) is 14.2 Å². The van der Waals surface area contributed by atoms with E-state index in [9.17, 15) is 5.11 Å². The first kappa shape index (κ1) is 15.2. The molecule has 0 fully saturated rings. The first-order valence-electron chi connectivity index (χ1n) is 7.41. The van der Waals surface area contributed by atoms with Gasteiger partial charge in [-0.2, -0.15) is 0 Å². The quantitative estimate of drug-likeness (QED) is 0.864. The molecule has 1 N–H and O–H groups in total. The zero-order chi connectivity index (χ0) is 16.2. The van der Waals surface area contributed by atoms with Gasteiger partial charge in [0.15, 0.2) is 11.5 Å². The van der Waals surface area contributed by atoms with Crippen LogP contribution in [-0.2, 0) is 0 Å². The van der Waals surface area contributed by atoms with Crippen LogP contribution in [0.3, 0.4) is 0 Å². The Kier molecular flexibility index (Phi) is 4.36. The Balaban J connectivity index is 1.92. The summed E-state index contributed by atoms with van der Waals surface area (Å²) in [5.41, 5.74) is 2.66. The Morgan fingerprint density at radius 3 is 2.39 bits per heavy atom. The van der Waals surface area contributed by atoms with Gasteiger partial charge in [-0.25, -0.2) is 0 Å². The molecule has 1 aliphatic carbocycles. The highest BCUT2D eigenvalue weighted by atomic mass is 16.5. The van der Waals surface area contributed by atoms with E-state index in [0.29, 0.717) is 11.5 Å². The molecule has 0 unspecified atom stereocenters. The van der Waals surface area contributed by atoms with Crippen LogP contribution in [0.2, 0.25) is 0 Å². The second kappa shape index (κ2) is 6.60. The molecule has 0 aliphatic heterocycles. The first-order chi connectivity index (χ1) is 11.2. The van der Waals surface area contributed by atoms with Gasteiger partial charge in [0.1, 0.15) is 0 Å². The molecule has 0 aromatic heterocycles. The van der Waals surface area contributed by atoms with Crippen LogP contribution in [0.4, 0.5) is 0 Å². The predicted molar refractivity (Wildman–Crippen MR) is 90.3 cm³/mol. The highest BCUT2D eigenvalue weighted by Gasteiger charge is 2.25. The lowest BCUT2D eigenvalue weighted by Gasteiger charge is -2.23. The van der Waals surface area contributed by atoms with E-state index in [1.807, 2.05) is 54.6 Å². The zero-order valence-electron chi connectivity index (χ0n) is 13.1. The van der Waals surface area contributed by atoms with E-state index in [4.69, 9.17) is 9.47 Å². The topological polar surface area (TPSA) is 38.7 Å². The fourth-order valence-corrected chi connectivity index (χ4v) is 2.63. The standard InChI is InChI=1S/C20H18O3/c1-22-18-12-16-11-10-15(9-8-14-6-4-3-5-7-14)20(21)17(16)13-19(18)23-2/h3-7,10-13,15,20-21H,1-2H3/t15-,20-/m0/s1. The number of benzene rings is 2. The molecule has 0 bridgehead atoms. The summed E-state index contributed by atoms with van der Waals surface area (Å²) in [5.74, 6) is 7.25. The number of aliphatic hydroxyl groups is 1. The van der Waals surface area contributed by atoms with E-state index >= 15 is 0 Å². The van der Waals surface area contributed by atoms with Gasteiger partial charge in [0.25, 0.3) is 0 Å². The number of fused-ring (bicyclic) bond motifs is 1. The summed E-state index contributed by atoms with van der Waals surface area (Å²) in [6.07, 6.45) is 3.20. The minimum atomic E-state index is -0.689. The lowest BCUT2D eigenvalue weighted by atomic mass is 9.86. The Morgan fingerprint density at radius 1 is 1.00 bits per heavy atom. The minimum Gasteiger partial charge on any atom is -0.493 e. The smallest absolute Gasteiger partial charge is 0.161 e. The second-order valence-electron chi connectivity index (χ2n) is 5.30. The minimum absolute atomic E-state index is 0.249. The molecule has 0 saturated carbocycles. The molecule has 2 aromatic rings. The average molecular weight is 306 g/mol. The van der Waals surface area contributed by atoms with Crippen LogP contribution in [0, 0.1) is 17.8 Å². The van der Waals surface area contributed by atoms with Crippen molar-refractivity contribution in [3.8, 4) is 23.3 Å². The van der Waals surface area contributed by atoms with Crippen LogP contribution in [-0.4, -0.2) is 19.3 Å². The average Bonchev–Trinajstić information content (AvgIpc) is 2.61. The van der Waals surface area contributed by atoms with Crippen LogP contribution < -0.4 is 9.47 Å². The lowest BCUT2D eigenvalue weighted by molar-refractivity contribution is 0.152. The van der Waals surface area contributed by atoms with Gasteiger partial charge in [-0.05, 0) is 35.4 Å². The Hall–Kier alpha value is -2.70. The maximum Gasteiger partial charge on any atom is 0.161 e. The summed E-state index contributed by atoms with van der Waals surface area (Å²) >= 11 is 0. The van der Waals surface area contributed by atoms with Gasteiger partial charge < -0.3 is 14.6 Å². The Morgan fingerprint density at radius 2 is 1.70 bits per heavy atom. The maximum atomic E-state index is 10.6. The fraction of sp³-hybridized carbons (Fsp3) is 0.200. The van der Waals surface area contributed by atoms with Crippen molar-refractivity contribution < 1.29 is 14.6 Å². The third kappa shape index (κ3) is 3.08. The molecule has 0 spiro atoms. The molecule has 0 heterocycles. The Labute approximate surface area is 136 Å². The molecule has 3 nitrogen and oxygen atoms in total. The number of rotatable bonds is 2. The van der Waals surface area contributed by atoms with Crippen molar-refractivity contribution in [1.82, 2.24) is 0 Å². The number of methoxy groups -OCH3 is 2. The summed E-state index contributed by atoms with van der Waals surface area (Å²) < 4.78 is 10.6. The first-order valence-corrected chi connectivity index (χ1v) is 7.41. The van der Waals surface area contributed by atoms with E-state index in [0.717, 1.165) is 16.7 Å². The van der Waals surface area contributed by atoms with Gasteiger partial charge in [0.05, 0.1) is 26.2 Å². The molecule has 2 atom stereocenters. The number of hydrogen-bond donors (Lipinski definition) is 1. The third-order valence-electron chi connectivity index (χ3n) is 3.89. The predicted octanol–water partition coefficient (Wildman–Crippen LogP) is 3.43. The van der Waals surface area contributed by atoms with Crippen molar-refractivity contribution in [2.45, 2.75) is 6.10 Å². The molecular formula is C20H18O3. The van der Waals surface area contributed by atoms with Crippen molar-refractivity contribution in [1.29, 1.82) is 0 Å². The largest absolute Gasteiger partial charge is 0.493 e. The molecule has 116 valence electrons. The zero-order valence-corrected chi connectivity index (χ0v) is 13.1. The number of ether oxygens (including phenoxy) is 2.